The van der Waals surface area contributed by atoms with E-state index in [1.54, 1.807) is 19.9 Å². The fraction of sp³-hybridized carbons (Fsp3) is 0.333. The van der Waals surface area contributed by atoms with Gasteiger partial charge < -0.3 is 10.1 Å². The predicted octanol–water partition coefficient (Wildman–Crippen LogP) is 3.56. The topological polar surface area (TPSA) is 98.5 Å². The van der Waals surface area contributed by atoms with E-state index < -0.39 is 23.4 Å². The van der Waals surface area contributed by atoms with E-state index in [1.807, 2.05) is 6.07 Å². The normalized spacial score (nSPS) is 12.5. The Morgan fingerprint density at radius 2 is 2.08 bits per heavy atom. The zero-order valence-corrected chi connectivity index (χ0v) is 15.3. The zero-order chi connectivity index (χ0) is 18.8. The summed E-state index contributed by atoms with van der Waals surface area (Å²) >= 11 is 1.40. The fourth-order valence-corrected chi connectivity index (χ4v) is 4.07. The zero-order valence-electron chi connectivity index (χ0n) is 14.5. The van der Waals surface area contributed by atoms with Gasteiger partial charge in [0.1, 0.15) is 10.6 Å². The highest BCUT2D eigenvalue weighted by Gasteiger charge is 2.22. The number of amides is 1. The van der Waals surface area contributed by atoms with Gasteiger partial charge in [-0.3, -0.25) is 14.9 Å². The number of esters is 1. The molecule has 1 aromatic carbocycles. The molecular weight excluding hydrogens is 356 g/mol. The van der Waals surface area contributed by atoms with E-state index in [2.05, 4.69) is 5.32 Å². The van der Waals surface area contributed by atoms with Crippen molar-refractivity contribution in [3.8, 4) is 0 Å². The Morgan fingerprint density at radius 1 is 1.31 bits per heavy atom. The summed E-state index contributed by atoms with van der Waals surface area (Å²) in [5, 5.41) is 13.6. The average Bonchev–Trinajstić information content (AvgIpc) is 3.18. The van der Waals surface area contributed by atoms with Gasteiger partial charge in [-0.05, 0) is 55.9 Å². The van der Waals surface area contributed by atoms with Crippen LogP contribution in [0.25, 0.3) is 0 Å². The number of ether oxygens (including phenoxy) is 1. The summed E-state index contributed by atoms with van der Waals surface area (Å²) < 4.78 is 5.06. The maximum atomic E-state index is 12.1. The van der Waals surface area contributed by atoms with Crippen LogP contribution in [0.5, 0.6) is 0 Å². The summed E-state index contributed by atoms with van der Waals surface area (Å²) in [6, 6.07) is 4.79. The molecule has 26 heavy (non-hydrogen) atoms. The summed E-state index contributed by atoms with van der Waals surface area (Å²) in [6.45, 7) is 2.99. The van der Waals surface area contributed by atoms with Gasteiger partial charge in [0.2, 0.25) is 0 Å². The van der Waals surface area contributed by atoms with Crippen LogP contribution in [0.3, 0.4) is 0 Å². The maximum absolute atomic E-state index is 12.1. The van der Waals surface area contributed by atoms with Crippen molar-refractivity contribution in [2.45, 2.75) is 33.1 Å². The molecular formula is C18H18N2O5S. The van der Waals surface area contributed by atoms with E-state index in [9.17, 15) is 19.7 Å². The summed E-state index contributed by atoms with van der Waals surface area (Å²) in [6.07, 6.45) is 3.05. The molecule has 0 saturated heterocycles. The minimum Gasteiger partial charge on any atom is -0.451 e. The number of benzene rings is 1. The first-order valence-electron chi connectivity index (χ1n) is 8.20. The number of hydrogen-bond donors (Lipinski definition) is 1. The van der Waals surface area contributed by atoms with E-state index in [0.29, 0.717) is 10.4 Å². The quantitative estimate of drug-likeness (QED) is 0.490. The van der Waals surface area contributed by atoms with Crippen LogP contribution in [0.1, 0.15) is 37.7 Å². The molecule has 1 N–H and O–H groups in total. The number of carbonyl (C=O) groups excluding carboxylic acids is 2. The number of anilines is 1. The molecule has 0 bridgehead atoms. The van der Waals surface area contributed by atoms with Gasteiger partial charge in [0.05, 0.1) is 4.92 Å². The lowest BCUT2D eigenvalue weighted by Crippen LogP contribution is -2.21. The summed E-state index contributed by atoms with van der Waals surface area (Å²) in [5.74, 6) is -1.16. The van der Waals surface area contributed by atoms with Crippen molar-refractivity contribution >= 4 is 34.6 Å². The Hall–Kier alpha value is -2.74. The Kier molecular flexibility index (Phi) is 5.03. The Balaban J connectivity index is 1.65. The van der Waals surface area contributed by atoms with Crippen LogP contribution in [0.4, 0.5) is 11.4 Å². The van der Waals surface area contributed by atoms with Gasteiger partial charge in [0.15, 0.2) is 6.61 Å². The van der Waals surface area contributed by atoms with Gasteiger partial charge in [-0.15, -0.1) is 11.3 Å². The molecule has 7 nitrogen and oxygen atoms in total. The fourth-order valence-electron chi connectivity index (χ4n) is 2.92. The molecule has 0 spiro atoms. The molecule has 0 radical (unpaired) electrons. The standard InChI is InChI=1S/C18H18N2O5S/c1-10-6-7-13(20(23)24)17(11(10)2)19-16(21)9-25-18(22)15-8-12-4-3-5-14(12)26-15/h6-8H,3-5,9H2,1-2H3,(H,19,21). The average molecular weight is 374 g/mol. The Labute approximate surface area is 154 Å². The van der Waals surface area contributed by atoms with E-state index in [-0.39, 0.29) is 11.4 Å². The maximum Gasteiger partial charge on any atom is 0.348 e. The van der Waals surface area contributed by atoms with Gasteiger partial charge >= 0.3 is 5.97 Å². The van der Waals surface area contributed by atoms with Crippen LogP contribution in [0.15, 0.2) is 18.2 Å². The third-order valence-corrected chi connectivity index (χ3v) is 5.67. The number of nitro groups is 1. The second-order valence-corrected chi connectivity index (χ2v) is 7.33. The van der Waals surface area contributed by atoms with Crippen LogP contribution in [-0.2, 0) is 22.4 Å². The summed E-state index contributed by atoms with van der Waals surface area (Å²) in [7, 11) is 0. The third-order valence-electron chi connectivity index (χ3n) is 4.46. The number of hydrogen-bond acceptors (Lipinski definition) is 6. The predicted molar refractivity (Wildman–Crippen MR) is 97.8 cm³/mol. The molecule has 0 aliphatic heterocycles. The molecule has 1 amide bonds. The van der Waals surface area contributed by atoms with Gasteiger partial charge in [0, 0.05) is 10.9 Å². The molecule has 136 valence electrons. The highest BCUT2D eigenvalue weighted by atomic mass is 32.1. The molecule has 0 fully saturated rings. The number of fused-ring (bicyclic) bond motifs is 1. The van der Waals surface area contributed by atoms with Crippen LogP contribution in [-0.4, -0.2) is 23.4 Å². The first-order valence-corrected chi connectivity index (χ1v) is 9.01. The van der Waals surface area contributed by atoms with Crippen molar-refractivity contribution in [2.75, 3.05) is 11.9 Å². The number of nitrogens with one attached hydrogen (secondary N) is 1. The number of nitrogens with zero attached hydrogens (tertiary/aromatic N) is 1. The largest absolute Gasteiger partial charge is 0.451 e. The molecule has 2 aromatic rings. The molecule has 1 aliphatic carbocycles. The molecule has 0 unspecified atom stereocenters. The van der Waals surface area contributed by atoms with Crippen LogP contribution in [0.2, 0.25) is 0 Å². The lowest BCUT2D eigenvalue weighted by molar-refractivity contribution is -0.384. The first kappa shape index (κ1) is 18.1. The van der Waals surface area contributed by atoms with Crippen molar-refractivity contribution in [3.63, 3.8) is 0 Å². The smallest absolute Gasteiger partial charge is 0.348 e. The Bertz CT molecular complexity index is 882. The number of rotatable bonds is 5. The molecule has 0 atom stereocenters. The number of aryl methyl sites for hydroxylation is 3. The lowest BCUT2D eigenvalue weighted by atomic mass is 10.1. The second kappa shape index (κ2) is 7.25. The van der Waals surface area contributed by atoms with Crippen molar-refractivity contribution in [1.82, 2.24) is 0 Å². The Morgan fingerprint density at radius 3 is 2.77 bits per heavy atom. The van der Waals surface area contributed by atoms with Crippen molar-refractivity contribution in [3.05, 3.63) is 54.8 Å². The minimum atomic E-state index is -0.612. The summed E-state index contributed by atoms with van der Waals surface area (Å²) in [5.41, 5.74) is 2.54. The van der Waals surface area contributed by atoms with Gasteiger partial charge in [-0.2, -0.15) is 0 Å². The molecule has 1 aliphatic rings. The van der Waals surface area contributed by atoms with E-state index in [1.165, 1.54) is 27.8 Å². The van der Waals surface area contributed by atoms with E-state index in [0.717, 1.165) is 24.8 Å². The highest BCUT2D eigenvalue weighted by Crippen LogP contribution is 2.31. The SMILES string of the molecule is Cc1ccc([N+](=O)[O-])c(NC(=O)COC(=O)c2cc3c(s2)CCC3)c1C. The van der Waals surface area contributed by atoms with Gasteiger partial charge in [-0.25, -0.2) is 4.79 Å². The van der Waals surface area contributed by atoms with Crippen molar-refractivity contribution in [2.24, 2.45) is 0 Å². The lowest BCUT2D eigenvalue weighted by Gasteiger charge is -2.11. The third kappa shape index (κ3) is 3.60. The molecule has 1 heterocycles. The molecule has 8 heteroatoms. The van der Waals surface area contributed by atoms with Gasteiger partial charge in [0.25, 0.3) is 11.6 Å². The van der Waals surface area contributed by atoms with Crippen molar-refractivity contribution in [1.29, 1.82) is 0 Å². The van der Waals surface area contributed by atoms with Crippen LogP contribution in [0, 0.1) is 24.0 Å². The van der Waals surface area contributed by atoms with E-state index >= 15 is 0 Å². The first-order chi connectivity index (χ1) is 12.4. The number of carbonyl (C=O) groups is 2. The number of thiophene rings is 1. The number of nitro benzene ring substituents is 1. The minimum absolute atomic E-state index is 0.131. The molecule has 1 aromatic heterocycles. The van der Waals surface area contributed by atoms with Crippen LogP contribution < -0.4 is 5.32 Å². The highest BCUT2D eigenvalue weighted by molar-refractivity contribution is 7.14. The van der Waals surface area contributed by atoms with Crippen molar-refractivity contribution < 1.29 is 19.2 Å². The molecule has 0 saturated carbocycles. The van der Waals surface area contributed by atoms with Crippen LogP contribution >= 0.6 is 11.3 Å². The monoisotopic (exact) mass is 374 g/mol. The van der Waals surface area contributed by atoms with Gasteiger partial charge in [-0.1, -0.05) is 6.07 Å². The summed E-state index contributed by atoms with van der Waals surface area (Å²) in [4.78, 5) is 36.5. The molecule has 3 rings (SSSR count). The second-order valence-electron chi connectivity index (χ2n) is 6.20. The van der Waals surface area contributed by atoms with E-state index in [4.69, 9.17) is 4.74 Å².